The van der Waals surface area contributed by atoms with E-state index in [2.05, 4.69) is 20.2 Å². The molecule has 5 nitrogen and oxygen atoms in total. The second-order valence-corrected chi connectivity index (χ2v) is 5.04. The van der Waals surface area contributed by atoms with Crippen molar-refractivity contribution in [1.29, 1.82) is 0 Å². The fraction of sp³-hybridized carbons (Fsp3) is 0.692. The Hall–Kier alpha value is -1.36. The van der Waals surface area contributed by atoms with Crippen LogP contribution in [-0.2, 0) is 0 Å². The molecule has 0 bridgehead atoms. The summed E-state index contributed by atoms with van der Waals surface area (Å²) < 4.78 is 5.78. The Morgan fingerprint density at radius 3 is 2.61 bits per heavy atom. The Bertz CT molecular complexity index is 416. The van der Waals surface area contributed by atoms with Gasteiger partial charge in [0.1, 0.15) is 18.2 Å². The third-order valence-electron chi connectivity index (χ3n) is 3.08. The molecule has 1 aliphatic rings. The predicted molar refractivity (Wildman–Crippen MR) is 72.3 cm³/mol. The first-order chi connectivity index (χ1) is 8.61. The molecule has 0 aromatic carbocycles. The van der Waals surface area contributed by atoms with Gasteiger partial charge in [-0.1, -0.05) is 0 Å². The molecule has 1 aliphatic carbocycles. The lowest BCUT2D eigenvalue weighted by molar-refractivity contribution is 0.251. The van der Waals surface area contributed by atoms with Gasteiger partial charge in [-0.15, -0.1) is 0 Å². The van der Waals surface area contributed by atoms with Gasteiger partial charge < -0.3 is 15.0 Å². The van der Waals surface area contributed by atoms with E-state index in [1.807, 2.05) is 28.1 Å². The number of likely N-dealkylation sites (N-methyl/N-ethyl adjacent to an activating group) is 1. The van der Waals surface area contributed by atoms with Gasteiger partial charge in [-0.2, -0.15) is 4.98 Å². The van der Waals surface area contributed by atoms with Crippen LogP contribution in [0, 0.1) is 6.92 Å². The summed E-state index contributed by atoms with van der Waals surface area (Å²) in [7, 11) is 5.95. The van der Waals surface area contributed by atoms with E-state index in [0.29, 0.717) is 12.5 Å². The summed E-state index contributed by atoms with van der Waals surface area (Å²) in [5, 5.41) is 3.12. The highest BCUT2D eigenvalue weighted by Crippen LogP contribution is 2.39. The van der Waals surface area contributed by atoms with Crippen LogP contribution in [0.25, 0.3) is 0 Å². The minimum absolute atomic E-state index is 0.536. The minimum atomic E-state index is 0.536. The van der Waals surface area contributed by atoms with E-state index in [0.717, 1.165) is 29.6 Å². The number of rotatable bonds is 6. The van der Waals surface area contributed by atoms with Crippen molar-refractivity contribution >= 4 is 5.82 Å². The van der Waals surface area contributed by atoms with Crippen LogP contribution in [0.2, 0.25) is 0 Å². The maximum atomic E-state index is 5.78. The summed E-state index contributed by atoms with van der Waals surface area (Å²) in [6.07, 6.45) is 2.40. The third-order valence-corrected chi connectivity index (χ3v) is 3.08. The van der Waals surface area contributed by atoms with Gasteiger partial charge in [0.05, 0.1) is 5.56 Å². The highest BCUT2D eigenvalue weighted by molar-refractivity contribution is 5.48. The summed E-state index contributed by atoms with van der Waals surface area (Å²) in [6, 6.07) is 0. The molecule has 1 aromatic heterocycles. The van der Waals surface area contributed by atoms with E-state index in [1.165, 1.54) is 12.8 Å². The van der Waals surface area contributed by atoms with Crippen LogP contribution in [0.5, 0.6) is 5.88 Å². The zero-order valence-electron chi connectivity index (χ0n) is 11.7. The highest BCUT2D eigenvalue weighted by atomic mass is 16.5. The summed E-state index contributed by atoms with van der Waals surface area (Å²) in [6.45, 7) is 3.53. The van der Waals surface area contributed by atoms with Gasteiger partial charge in [0.15, 0.2) is 0 Å². The molecule has 1 heterocycles. The van der Waals surface area contributed by atoms with Gasteiger partial charge in [-0.25, -0.2) is 4.98 Å². The lowest BCUT2D eigenvalue weighted by atomic mass is 10.3. The van der Waals surface area contributed by atoms with Crippen LogP contribution in [0.15, 0.2) is 0 Å². The van der Waals surface area contributed by atoms with Crippen molar-refractivity contribution in [2.75, 3.05) is 39.6 Å². The van der Waals surface area contributed by atoms with Crippen molar-refractivity contribution in [3.05, 3.63) is 11.4 Å². The van der Waals surface area contributed by atoms with Crippen molar-refractivity contribution in [2.24, 2.45) is 0 Å². The van der Waals surface area contributed by atoms with Crippen molar-refractivity contribution in [3.8, 4) is 5.88 Å². The molecule has 18 heavy (non-hydrogen) atoms. The van der Waals surface area contributed by atoms with Gasteiger partial charge >= 0.3 is 0 Å². The molecule has 5 heteroatoms. The first-order valence-corrected chi connectivity index (χ1v) is 6.45. The summed E-state index contributed by atoms with van der Waals surface area (Å²) in [5.41, 5.74) is 0.987. The van der Waals surface area contributed by atoms with Gasteiger partial charge in [0, 0.05) is 19.5 Å². The monoisotopic (exact) mass is 250 g/mol. The fourth-order valence-corrected chi connectivity index (χ4v) is 1.75. The number of hydrogen-bond donors (Lipinski definition) is 1. The van der Waals surface area contributed by atoms with Crippen molar-refractivity contribution < 1.29 is 4.74 Å². The van der Waals surface area contributed by atoms with Gasteiger partial charge in [0.25, 0.3) is 0 Å². The smallest absolute Gasteiger partial charge is 0.221 e. The van der Waals surface area contributed by atoms with Crippen molar-refractivity contribution in [2.45, 2.75) is 25.7 Å². The lowest BCUT2D eigenvalue weighted by Crippen LogP contribution is -2.20. The quantitative estimate of drug-likeness (QED) is 0.832. The van der Waals surface area contributed by atoms with Gasteiger partial charge in [0.2, 0.25) is 5.88 Å². The molecule has 2 rings (SSSR count). The Kier molecular flexibility index (Phi) is 4.01. The van der Waals surface area contributed by atoms with E-state index in [1.54, 1.807) is 0 Å². The van der Waals surface area contributed by atoms with Crippen LogP contribution >= 0.6 is 0 Å². The number of aromatic nitrogens is 2. The van der Waals surface area contributed by atoms with E-state index in [9.17, 15) is 0 Å². The fourth-order valence-electron chi connectivity index (χ4n) is 1.75. The molecule has 0 atom stereocenters. The van der Waals surface area contributed by atoms with Crippen LogP contribution < -0.4 is 10.1 Å². The first kappa shape index (κ1) is 13.1. The third kappa shape index (κ3) is 3.10. The number of hydrogen-bond acceptors (Lipinski definition) is 5. The molecular formula is C13H22N4O. The molecular weight excluding hydrogens is 228 g/mol. The second kappa shape index (κ2) is 5.52. The van der Waals surface area contributed by atoms with E-state index in [4.69, 9.17) is 4.74 Å². The molecule has 1 saturated carbocycles. The Balaban J connectivity index is 2.13. The van der Waals surface area contributed by atoms with Crippen molar-refractivity contribution in [1.82, 2.24) is 14.9 Å². The Morgan fingerprint density at radius 2 is 2.06 bits per heavy atom. The topological polar surface area (TPSA) is 50.3 Å². The maximum absolute atomic E-state index is 5.78. The summed E-state index contributed by atoms with van der Waals surface area (Å²) >= 11 is 0. The molecule has 1 fully saturated rings. The summed E-state index contributed by atoms with van der Waals surface area (Å²) in [4.78, 5) is 11.2. The average molecular weight is 250 g/mol. The molecule has 0 radical (unpaired) electrons. The molecule has 1 aromatic rings. The highest BCUT2D eigenvalue weighted by Gasteiger charge is 2.28. The molecule has 0 spiro atoms. The predicted octanol–water partition coefficient (Wildman–Crippen LogP) is 1.64. The van der Waals surface area contributed by atoms with Crippen LogP contribution in [0.3, 0.4) is 0 Å². The maximum Gasteiger partial charge on any atom is 0.221 e. The number of ether oxygens (including phenoxy) is 1. The molecule has 1 N–H and O–H groups in total. The Labute approximate surface area is 109 Å². The molecule has 0 unspecified atom stereocenters. The number of nitrogens with zero attached hydrogens (tertiary/aromatic N) is 3. The van der Waals surface area contributed by atoms with Gasteiger partial charge in [-0.05, 0) is 33.9 Å². The van der Waals surface area contributed by atoms with E-state index < -0.39 is 0 Å². The molecule has 100 valence electrons. The number of nitrogens with one attached hydrogen (secondary N) is 1. The zero-order valence-corrected chi connectivity index (χ0v) is 11.7. The van der Waals surface area contributed by atoms with E-state index >= 15 is 0 Å². The Morgan fingerprint density at radius 1 is 1.33 bits per heavy atom. The molecule has 0 amide bonds. The number of anilines is 1. The summed E-state index contributed by atoms with van der Waals surface area (Å²) in [5.74, 6) is 3.06. The van der Waals surface area contributed by atoms with Crippen LogP contribution in [-0.4, -0.2) is 49.2 Å². The zero-order chi connectivity index (χ0) is 13.1. The van der Waals surface area contributed by atoms with Gasteiger partial charge in [-0.3, -0.25) is 0 Å². The van der Waals surface area contributed by atoms with Crippen LogP contribution in [0.4, 0.5) is 5.82 Å². The molecule has 0 aliphatic heterocycles. The second-order valence-electron chi connectivity index (χ2n) is 5.04. The normalized spacial score (nSPS) is 14.9. The molecule has 0 saturated heterocycles. The van der Waals surface area contributed by atoms with Crippen molar-refractivity contribution in [3.63, 3.8) is 0 Å². The lowest BCUT2D eigenvalue weighted by Gasteiger charge is -2.14. The van der Waals surface area contributed by atoms with E-state index in [-0.39, 0.29) is 0 Å². The average Bonchev–Trinajstić information content (AvgIpc) is 3.15. The minimum Gasteiger partial charge on any atom is -0.476 e. The SMILES string of the molecule is CNc1nc(C2CC2)nc(OCCN(C)C)c1C. The largest absolute Gasteiger partial charge is 0.476 e. The first-order valence-electron chi connectivity index (χ1n) is 6.45. The standard InChI is InChI=1S/C13H22N4O/c1-9-11(14-2)15-12(10-5-6-10)16-13(9)18-8-7-17(3)4/h10H,5-8H2,1-4H3,(H,14,15,16). The van der Waals surface area contributed by atoms with Crippen LogP contribution in [0.1, 0.15) is 30.1 Å².